The van der Waals surface area contributed by atoms with Crippen molar-refractivity contribution >= 4 is 23.0 Å². The SMILES string of the molecule is CCCn1sc(=Nc2ccc(OC)cc2)c(C(=O)c2ccccc2)c1C. The lowest BCUT2D eigenvalue weighted by molar-refractivity contribution is 0.103. The maximum Gasteiger partial charge on any atom is 0.197 e. The summed E-state index contributed by atoms with van der Waals surface area (Å²) in [5, 5.41) is 0. The number of aromatic nitrogens is 1. The van der Waals surface area contributed by atoms with Crippen LogP contribution in [0.5, 0.6) is 5.75 Å². The van der Waals surface area contributed by atoms with Gasteiger partial charge in [-0.3, -0.25) is 8.75 Å². The Morgan fingerprint density at radius 2 is 1.81 bits per heavy atom. The topological polar surface area (TPSA) is 43.6 Å². The summed E-state index contributed by atoms with van der Waals surface area (Å²) in [6, 6.07) is 16.9. The first kappa shape index (κ1) is 18.1. The van der Waals surface area contributed by atoms with Crippen molar-refractivity contribution in [3.05, 3.63) is 76.1 Å². The molecule has 0 aliphatic carbocycles. The average Bonchev–Trinajstić information content (AvgIpc) is 2.98. The Kier molecular flexibility index (Phi) is 5.68. The van der Waals surface area contributed by atoms with E-state index in [1.54, 1.807) is 7.11 Å². The number of aryl methyl sites for hydroxylation is 1. The van der Waals surface area contributed by atoms with E-state index < -0.39 is 0 Å². The van der Waals surface area contributed by atoms with Gasteiger partial charge < -0.3 is 4.74 Å². The Morgan fingerprint density at radius 1 is 1.12 bits per heavy atom. The largest absolute Gasteiger partial charge is 0.497 e. The number of benzene rings is 2. The molecule has 0 amide bonds. The van der Waals surface area contributed by atoms with Crippen LogP contribution < -0.4 is 9.41 Å². The summed E-state index contributed by atoms with van der Waals surface area (Å²) >= 11 is 1.54. The average molecular weight is 366 g/mol. The number of nitrogens with zero attached hydrogens (tertiary/aromatic N) is 2. The molecule has 0 aliphatic rings. The van der Waals surface area contributed by atoms with Crippen LogP contribution in [0.3, 0.4) is 0 Å². The minimum absolute atomic E-state index is 0.0152. The lowest BCUT2D eigenvalue weighted by Crippen LogP contribution is -2.13. The minimum atomic E-state index is 0.0152. The van der Waals surface area contributed by atoms with Gasteiger partial charge in [0.1, 0.15) is 10.4 Å². The first-order valence-electron chi connectivity index (χ1n) is 8.63. The molecule has 1 aromatic heterocycles. The summed E-state index contributed by atoms with van der Waals surface area (Å²) in [5.74, 6) is 0.800. The first-order chi connectivity index (χ1) is 12.6. The van der Waals surface area contributed by atoms with Crippen molar-refractivity contribution in [3.8, 4) is 5.75 Å². The normalized spacial score (nSPS) is 11.6. The maximum absolute atomic E-state index is 13.1. The molecule has 0 saturated carbocycles. The Hall–Kier alpha value is -2.66. The molecule has 3 aromatic rings. The zero-order chi connectivity index (χ0) is 18.5. The molecule has 0 radical (unpaired) electrons. The minimum Gasteiger partial charge on any atom is -0.497 e. The van der Waals surface area contributed by atoms with Crippen LogP contribution in [-0.2, 0) is 6.54 Å². The van der Waals surface area contributed by atoms with E-state index in [1.807, 2.05) is 61.5 Å². The number of ether oxygens (including phenoxy) is 1. The zero-order valence-electron chi connectivity index (χ0n) is 15.2. The van der Waals surface area contributed by atoms with Gasteiger partial charge >= 0.3 is 0 Å². The lowest BCUT2D eigenvalue weighted by atomic mass is 10.0. The van der Waals surface area contributed by atoms with Gasteiger partial charge in [0.2, 0.25) is 0 Å². The molecule has 0 aliphatic heterocycles. The van der Waals surface area contributed by atoms with Gasteiger partial charge in [-0.25, -0.2) is 4.99 Å². The van der Waals surface area contributed by atoms with Gasteiger partial charge in [0.25, 0.3) is 0 Å². The summed E-state index contributed by atoms with van der Waals surface area (Å²) in [5.41, 5.74) is 3.14. The van der Waals surface area contributed by atoms with Crippen LogP contribution in [-0.4, -0.2) is 16.8 Å². The number of rotatable bonds is 6. The molecule has 5 heteroatoms. The highest BCUT2D eigenvalue weighted by Crippen LogP contribution is 2.20. The monoisotopic (exact) mass is 366 g/mol. The predicted octanol–water partition coefficient (Wildman–Crippen LogP) is 4.74. The van der Waals surface area contributed by atoms with Gasteiger partial charge in [-0.1, -0.05) is 37.3 Å². The van der Waals surface area contributed by atoms with Gasteiger partial charge in [0.05, 0.1) is 18.4 Å². The quantitative estimate of drug-likeness (QED) is 0.592. The fourth-order valence-electron chi connectivity index (χ4n) is 2.76. The Bertz CT molecular complexity index is 954. The third-order valence-corrected chi connectivity index (χ3v) is 5.28. The second-order valence-electron chi connectivity index (χ2n) is 5.96. The molecular weight excluding hydrogens is 344 g/mol. The van der Waals surface area contributed by atoms with Crippen LogP contribution in [0, 0.1) is 6.92 Å². The van der Waals surface area contributed by atoms with Crippen LogP contribution in [0.4, 0.5) is 5.69 Å². The van der Waals surface area contributed by atoms with Crippen LogP contribution in [0.25, 0.3) is 0 Å². The van der Waals surface area contributed by atoms with Crippen LogP contribution in [0.1, 0.15) is 35.0 Å². The lowest BCUT2D eigenvalue weighted by Gasteiger charge is -2.03. The number of ketones is 1. The Balaban J connectivity index is 2.12. The molecule has 0 unspecified atom stereocenters. The van der Waals surface area contributed by atoms with E-state index in [-0.39, 0.29) is 5.78 Å². The van der Waals surface area contributed by atoms with Crippen LogP contribution in [0.15, 0.2) is 59.6 Å². The van der Waals surface area contributed by atoms with Gasteiger partial charge in [-0.2, -0.15) is 0 Å². The Morgan fingerprint density at radius 3 is 2.42 bits per heavy atom. The zero-order valence-corrected chi connectivity index (χ0v) is 16.0. The third-order valence-electron chi connectivity index (χ3n) is 4.14. The van der Waals surface area contributed by atoms with Gasteiger partial charge in [0.15, 0.2) is 5.78 Å². The second kappa shape index (κ2) is 8.15. The molecule has 0 bridgehead atoms. The Labute approximate surface area is 157 Å². The number of hydrogen-bond acceptors (Lipinski definition) is 4. The van der Waals surface area contributed by atoms with E-state index in [0.29, 0.717) is 11.1 Å². The van der Waals surface area contributed by atoms with Crippen molar-refractivity contribution in [3.63, 3.8) is 0 Å². The van der Waals surface area contributed by atoms with E-state index in [2.05, 4.69) is 10.9 Å². The highest BCUT2D eigenvalue weighted by Gasteiger charge is 2.19. The number of methoxy groups -OCH3 is 1. The van der Waals surface area contributed by atoms with Gasteiger partial charge in [-0.05, 0) is 49.1 Å². The summed E-state index contributed by atoms with van der Waals surface area (Å²) in [6.07, 6.45) is 1.01. The van der Waals surface area contributed by atoms with E-state index in [0.717, 1.165) is 34.8 Å². The third kappa shape index (κ3) is 3.78. The fraction of sp³-hybridized carbons (Fsp3) is 0.238. The van der Waals surface area contributed by atoms with Crippen molar-refractivity contribution in [1.29, 1.82) is 0 Å². The number of hydrogen-bond donors (Lipinski definition) is 0. The van der Waals surface area contributed by atoms with Crippen molar-refractivity contribution in [2.75, 3.05) is 7.11 Å². The highest BCUT2D eigenvalue weighted by atomic mass is 32.1. The summed E-state index contributed by atoms with van der Waals surface area (Å²) in [4.78, 5) is 17.9. The van der Waals surface area contributed by atoms with Crippen LogP contribution in [0.2, 0.25) is 0 Å². The standard InChI is InChI=1S/C21H22N2O2S/c1-4-14-23-15(2)19(20(24)16-8-6-5-7-9-16)21(26-23)22-17-10-12-18(25-3)13-11-17/h5-13H,4,14H2,1-3H3. The summed E-state index contributed by atoms with van der Waals surface area (Å²) in [7, 11) is 1.64. The van der Waals surface area contributed by atoms with E-state index in [9.17, 15) is 4.79 Å². The molecule has 0 spiro atoms. The smallest absolute Gasteiger partial charge is 0.197 e. The maximum atomic E-state index is 13.1. The van der Waals surface area contributed by atoms with E-state index >= 15 is 0 Å². The molecule has 0 N–H and O–H groups in total. The van der Waals surface area contributed by atoms with Crippen LogP contribution >= 0.6 is 11.5 Å². The molecule has 26 heavy (non-hydrogen) atoms. The van der Waals surface area contributed by atoms with Gasteiger partial charge in [0, 0.05) is 17.8 Å². The van der Waals surface area contributed by atoms with E-state index in [4.69, 9.17) is 9.73 Å². The molecule has 0 atom stereocenters. The van der Waals surface area contributed by atoms with Crippen molar-refractivity contribution < 1.29 is 9.53 Å². The molecule has 3 rings (SSSR count). The predicted molar refractivity (Wildman–Crippen MR) is 105 cm³/mol. The fourth-order valence-corrected chi connectivity index (χ4v) is 3.95. The van der Waals surface area contributed by atoms with E-state index in [1.165, 1.54) is 11.5 Å². The highest BCUT2D eigenvalue weighted by molar-refractivity contribution is 7.04. The number of carbonyl (C=O) groups is 1. The van der Waals surface area contributed by atoms with Crippen molar-refractivity contribution in [1.82, 2.24) is 3.96 Å². The van der Waals surface area contributed by atoms with Gasteiger partial charge in [-0.15, -0.1) is 0 Å². The molecular formula is C21H22N2O2S. The molecule has 0 fully saturated rings. The summed E-state index contributed by atoms with van der Waals surface area (Å²) < 4.78 is 8.09. The summed E-state index contributed by atoms with van der Waals surface area (Å²) in [6.45, 7) is 5.00. The first-order valence-corrected chi connectivity index (χ1v) is 9.40. The van der Waals surface area contributed by atoms with Crippen molar-refractivity contribution in [2.45, 2.75) is 26.8 Å². The molecule has 0 saturated heterocycles. The van der Waals surface area contributed by atoms with Crippen molar-refractivity contribution in [2.24, 2.45) is 4.99 Å². The molecule has 4 nitrogen and oxygen atoms in total. The second-order valence-corrected chi connectivity index (χ2v) is 6.97. The molecule has 134 valence electrons. The molecule has 2 aromatic carbocycles. The number of carbonyl (C=O) groups excluding carboxylic acids is 1. The molecule has 1 heterocycles.